The predicted octanol–water partition coefficient (Wildman–Crippen LogP) is 2.43. The van der Waals surface area contributed by atoms with Crippen LogP contribution in [0.5, 0.6) is 5.75 Å². The number of methoxy groups -OCH3 is 1. The molecule has 11 heteroatoms. The molecule has 1 aliphatic rings. The molecule has 0 saturated carbocycles. The first-order valence-corrected chi connectivity index (χ1v) is 13.1. The second-order valence-electron chi connectivity index (χ2n) is 10.6. The topological polar surface area (TPSA) is 128 Å². The maximum Gasteiger partial charge on any atom is 0.272 e. The first-order valence-electron chi connectivity index (χ1n) is 13.1. The minimum atomic E-state index is -3.42. The summed E-state index contributed by atoms with van der Waals surface area (Å²) in [7, 11) is 1.50. The molecule has 0 aromatic heterocycles. The Bertz CT molecular complexity index is 1210. The summed E-state index contributed by atoms with van der Waals surface area (Å²) in [5, 5.41) is 26.5. The lowest BCUT2D eigenvalue weighted by Gasteiger charge is -2.34. The Balaban J connectivity index is 1.91. The molecule has 1 saturated heterocycles. The molecular weight excluding hydrogens is 524 g/mol. The number of aliphatic hydroxyl groups excluding tert-OH is 1. The summed E-state index contributed by atoms with van der Waals surface area (Å²) in [6, 6.07) is 10.3. The number of halogens is 2. The second kappa shape index (κ2) is 12.7. The largest absolute Gasteiger partial charge is 0.508 e. The van der Waals surface area contributed by atoms with Crippen molar-refractivity contribution in [3.8, 4) is 5.75 Å². The molecule has 0 bridgehead atoms. The van der Waals surface area contributed by atoms with Gasteiger partial charge in [0.25, 0.3) is 17.7 Å². The minimum absolute atomic E-state index is 0.00113. The highest BCUT2D eigenvalue weighted by atomic mass is 19.3. The van der Waals surface area contributed by atoms with Gasteiger partial charge < -0.3 is 30.5 Å². The fraction of sp³-hybridized carbons (Fsp3) is 0.483. The number of aliphatic hydroxyl groups is 1. The number of carbonyl (C=O) groups is 3. The molecular formula is C29H37F2N3O6. The van der Waals surface area contributed by atoms with E-state index in [0.717, 1.165) is 0 Å². The van der Waals surface area contributed by atoms with Crippen LogP contribution in [0.15, 0.2) is 48.5 Å². The molecule has 2 aromatic carbocycles. The summed E-state index contributed by atoms with van der Waals surface area (Å²) in [5.74, 6) is -6.06. The Kier molecular flexibility index (Phi) is 9.86. The molecule has 2 aromatic rings. The third-order valence-electron chi connectivity index (χ3n) is 7.46. The lowest BCUT2D eigenvalue weighted by Crippen LogP contribution is -2.57. The minimum Gasteiger partial charge on any atom is -0.508 e. The number of benzene rings is 2. The van der Waals surface area contributed by atoms with Gasteiger partial charge in [-0.05, 0) is 37.5 Å². The Hall–Kier alpha value is -3.57. The molecule has 0 spiro atoms. The highest BCUT2D eigenvalue weighted by Crippen LogP contribution is 2.48. The molecule has 0 aliphatic carbocycles. The van der Waals surface area contributed by atoms with E-state index in [-0.39, 0.29) is 24.3 Å². The summed E-state index contributed by atoms with van der Waals surface area (Å²) in [6.07, 6.45) is -1.50. The molecule has 1 aliphatic heterocycles. The third-order valence-corrected chi connectivity index (χ3v) is 7.46. The highest BCUT2D eigenvalue weighted by molar-refractivity contribution is 5.97. The lowest BCUT2D eigenvalue weighted by atomic mass is 9.81. The van der Waals surface area contributed by atoms with E-state index in [1.54, 1.807) is 37.3 Å². The zero-order valence-electron chi connectivity index (χ0n) is 23.1. The molecule has 4 N–H and O–H groups in total. The number of hydrogen-bond acceptors (Lipinski definition) is 6. The highest BCUT2D eigenvalue weighted by Gasteiger charge is 2.64. The van der Waals surface area contributed by atoms with Gasteiger partial charge in [-0.1, -0.05) is 50.2 Å². The van der Waals surface area contributed by atoms with Crippen LogP contribution in [0.1, 0.15) is 41.8 Å². The molecule has 3 rings (SSSR count). The maximum absolute atomic E-state index is 15.1. The predicted molar refractivity (Wildman–Crippen MR) is 144 cm³/mol. The van der Waals surface area contributed by atoms with E-state index in [1.165, 1.54) is 39.2 Å². The SMILES string of the molecule is COCCCNC(=O)C1N(C(=O)C(O)C(Cc2ccccc2)NC(=O)c2cccc(O)c2C)CC(F)(F)C1(C)C. The Morgan fingerprint density at radius 3 is 2.45 bits per heavy atom. The number of carbonyl (C=O) groups excluding carboxylic acids is 3. The molecule has 1 fully saturated rings. The number of likely N-dealkylation sites (tertiary alicyclic amines) is 1. The van der Waals surface area contributed by atoms with Gasteiger partial charge in [-0.25, -0.2) is 8.78 Å². The average molecular weight is 562 g/mol. The summed E-state index contributed by atoms with van der Waals surface area (Å²) >= 11 is 0. The van der Waals surface area contributed by atoms with Gasteiger partial charge in [0, 0.05) is 31.4 Å². The standard InChI is InChI=1S/C29H37F2N3O6/c1-18-20(12-8-13-22(18)35)25(37)33-21(16-19-10-6-5-7-11-19)23(36)27(39)34-17-29(30,31)28(2,3)24(34)26(38)32-14-9-15-40-4/h5-8,10-13,21,23-24,35-36H,9,14-17H2,1-4H3,(H,32,38)(H,33,37). The quantitative estimate of drug-likeness (QED) is 0.312. The van der Waals surface area contributed by atoms with E-state index in [9.17, 15) is 24.6 Å². The Morgan fingerprint density at radius 2 is 1.80 bits per heavy atom. The van der Waals surface area contributed by atoms with Gasteiger partial charge in [0.05, 0.1) is 18.0 Å². The third kappa shape index (κ3) is 6.59. The van der Waals surface area contributed by atoms with Crippen molar-refractivity contribution in [3.05, 3.63) is 65.2 Å². The number of phenols is 1. The van der Waals surface area contributed by atoms with Crippen LogP contribution in [0.2, 0.25) is 0 Å². The van der Waals surface area contributed by atoms with Crippen LogP contribution in [0.3, 0.4) is 0 Å². The van der Waals surface area contributed by atoms with Gasteiger partial charge in [0.15, 0.2) is 6.10 Å². The summed E-state index contributed by atoms with van der Waals surface area (Å²) < 4.78 is 35.2. The number of phenolic OH excluding ortho intramolecular Hbond substituents is 1. The normalized spacial score (nSPS) is 19.1. The molecule has 9 nitrogen and oxygen atoms in total. The van der Waals surface area contributed by atoms with Gasteiger partial charge in [0.2, 0.25) is 5.91 Å². The first-order chi connectivity index (χ1) is 18.8. The second-order valence-corrected chi connectivity index (χ2v) is 10.6. The molecule has 3 unspecified atom stereocenters. The summed E-state index contributed by atoms with van der Waals surface area (Å²) in [4.78, 5) is 40.6. The molecule has 3 atom stereocenters. The van der Waals surface area contributed by atoms with E-state index in [2.05, 4.69) is 10.6 Å². The van der Waals surface area contributed by atoms with Crippen molar-refractivity contribution in [1.82, 2.24) is 15.5 Å². The summed E-state index contributed by atoms with van der Waals surface area (Å²) in [6.45, 7) is 3.41. The summed E-state index contributed by atoms with van der Waals surface area (Å²) in [5.41, 5.74) is -0.831. The van der Waals surface area contributed by atoms with Gasteiger partial charge in [-0.3, -0.25) is 14.4 Å². The smallest absolute Gasteiger partial charge is 0.272 e. The van der Waals surface area contributed by atoms with E-state index >= 15 is 8.78 Å². The monoisotopic (exact) mass is 561 g/mol. The van der Waals surface area contributed by atoms with Crippen LogP contribution in [-0.2, 0) is 20.7 Å². The van der Waals surface area contributed by atoms with E-state index in [0.29, 0.717) is 29.1 Å². The number of amides is 3. The van der Waals surface area contributed by atoms with Gasteiger partial charge >= 0.3 is 0 Å². The average Bonchev–Trinajstić information content (AvgIpc) is 3.10. The van der Waals surface area contributed by atoms with Crippen molar-refractivity contribution in [2.45, 2.75) is 57.7 Å². The van der Waals surface area contributed by atoms with Crippen LogP contribution >= 0.6 is 0 Å². The van der Waals surface area contributed by atoms with Crippen LogP contribution < -0.4 is 10.6 Å². The van der Waals surface area contributed by atoms with Gasteiger partial charge in [0.1, 0.15) is 11.8 Å². The van der Waals surface area contributed by atoms with Crippen molar-refractivity contribution in [2.24, 2.45) is 5.41 Å². The lowest BCUT2D eigenvalue weighted by molar-refractivity contribution is -0.148. The van der Waals surface area contributed by atoms with E-state index in [4.69, 9.17) is 4.74 Å². The number of nitrogens with one attached hydrogen (secondary N) is 2. The van der Waals surface area contributed by atoms with Crippen LogP contribution in [-0.4, -0.2) is 83.8 Å². The van der Waals surface area contributed by atoms with Crippen LogP contribution in [0, 0.1) is 12.3 Å². The zero-order valence-corrected chi connectivity index (χ0v) is 23.1. The fourth-order valence-electron chi connectivity index (χ4n) is 4.87. The zero-order chi connectivity index (χ0) is 29.7. The molecule has 40 heavy (non-hydrogen) atoms. The number of nitrogens with zero attached hydrogens (tertiary/aromatic N) is 1. The Morgan fingerprint density at radius 1 is 1.12 bits per heavy atom. The van der Waals surface area contributed by atoms with Crippen LogP contribution in [0.4, 0.5) is 8.78 Å². The van der Waals surface area contributed by atoms with Crippen molar-refractivity contribution in [3.63, 3.8) is 0 Å². The first kappa shape index (κ1) is 31.0. The van der Waals surface area contributed by atoms with E-state index in [1.807, 2.05) is 0 Å². The van der Waals surface area contributed by atoms with Gasteiger partial charge in [-0.2, -0.15) is 0 Å². The molecule has 0 radical (unpaired) electrons. The number of rotatable bonds is 11. The number of aromatic hydroxyl groups is 1. The molecule has 3 amide bonds. The van der Waals surface area contributed by atoms with Crippen molar-refractivity contribution in [2.75, 3.05) is 26.8 Å². The molecule has 1 heterocycles. The Labute approximate surface area is 232 Å². The number of hydrogen-bond donors (Lipinski definition) is 4. The number of ether oxygens (including phenoxy) is 1. The fourth-order valence-corrected chi connectivity index (χ4v) is 4.87. The number of alkyl halides is 2. The van der Waals surface area contributed by atoms with Crippen LogP contribution in [0.25, 0.3) is 0 Å². The molecule has 218 valence electrons. The van der Waals surface area contributed by atoms with Crippen molar-refractivity contribution >= 4 is 17.7 Å². The van der Waals surface area contributed by atoms with Crippen molar-refractivity contribution < 1.29 is 38.1 Å². The maximum atomic E-state index is 15.1. The van der Waals surface area contributed by atoms with E-state index < -0.39 is 53.8 Å². The van der Waals surface area contributed by atoms with Crippen molar-refractivity contribution in [1.29, 1.82) is 0 Å². The van der Waals surface area contributed by atoms with Gasteiger partial charge in [-0.15, -0.1) is 0 Å².